The van der Waals surface area contributed by atoms with Gasteiger partial charge in [0.2, 0.25) is 0 Å². The standard InChI is InChI=1S/C49H54N6O6/c1-6-30-27-54-21-17-32(30)23-44(54)48(60-46(50)56,40-15-19-52-42-13-11-34(58-4)25-36(40)42)38-9-8-10-39(29(38)3)49(61-47(51)57,45-24-33-18-22-55(45)28-31(33)7-2)41-16-20-53-43-14-12-35(59-5)26-37(41)43/h6-16,19-20,25-26,30-33,44-45H,1-2,17-18,21-24,27-28H2,3-5H3,(H2,50,56)(H2,51,57)/t30-,31-,32-,33-,44-,45-,48-,49-/m0/s1. The lowest BCUT2D eigenvalue weighted by Gasteiger charge is -2.57. The van der Waals surface area contributed by atoms with Crippen LogP contribution < -0.4 is 20.9 Å². The van der Waals surface area contributed by atoms with E-state index in [4.69, 9.17) is 40.4 Å². The van der Waals surface area contributed by atoms with Crippen molar-refractivity contribution in [2.45, 2.75) is 55.9 Å². The number of hydrogen-bond donors (Lipinski definition) is 2. The molecule has 2 unspecified atom stereocenters. The highest BCUT2D eigenvalue weighted by atomic mass is 16.6. The average Bonchev–Trinajstić information content (AvgIpc) is 3.29. The predicted molar refractivity (Wildman–Crippen MR) is 234 cm³/mol. The fourth-order valence-electron chi connectivity index (χ4n) is 11.8. The van der Waals surface area contributed by atoms with Crippen LogP contribution in [-0.4, -0.2) is 84.4 Å². The number of pyridine rings is 2. The van der Waals surface area contributed by atoms with Gasteiger partial charge in [-0.25, -0.2) is 9.59 Å². The summed E-state index contributed by atoms with van der Waals surface area (Å²) in [5.41, 5.74) is 14.6. The SMILES string of the molecule is C=C[C@H]1CN2CC[C@H]1C[C@H]2[C@](OC(N)=O)(c1cccc([C@](OC(N)=O)(c2ccnc3ccc(OC)cc23)[C@@H]2C[C@@H]3CCN2C[C@@H]3C=C)c1C)c1ccnc2ccc(OC)cc12. The summed E-state index contributed by atoms with van der Waals surface area (Å²) in [4.78, 5) is 41.9. The maximum atomic E-state index is 13.8. The van der Waals surface area contributed by atoms with Crippen LogP contribution in [0.3, 0.4) is 0 Å². The van der Waals surface area contributed by atoms with Crippen molar-refractivity contribution in [3.05, 3.63) is 132 Å². The number of amides is 2. The van der Waals surface area contributed by atoms with Crippen LogP contribution in [0.4, 0.5) is 9.59 Å². The molecule has 0 aliphatic carbocycles. The molecule has 0 radical (unpaired) electrons. The number of piperidine rings is 6. The zero-order valence-electron chi connectivity index (χ0n) is 35.1. The van der Waals surface area contributed by atoms with E-state index in [9.17, 15) is 9.59 Å². The molecule has 12 heteroatoms. The fraction of sp³-hybridized carbons (Fsp3) is 0.388. The van der Waals surface area contributed by atoms with Crippen molar-refractivity contribution >= 4 is 34.0 Å². The second-order valence-electron chi connectivity index (χ2n) is 17.2. The average molecular weight is 823 g/mol. The summed E-state index contributed by atoms with van der Waals surface area (Å²) in [6.07, 6.45) is 9.17. The highest BCUT2D eigenvalue weighted by Crippen LogP contribution is 2.55. The molecule has 4 N–H and O–H groups in total. The number of hydrogen-bond acceptors (Lipinski definition) is 10. The highest BCUT2D eigenvalue weighted by Gasteiger charge is 2.58. The molecule has 316 valence electrons. The van der Waals surface area contributed by atoms with Crippen molar-refractivity contribution in [1.82, 2.24) is 19.8 Å². The molecule has 6 saturated heterocycles. The molecule has 4 bridgehead atoms. The Kier molecular flexibility index (Phi) is 10.5. The Morgan fingerprint density at radius 2 is 1.13 bits per heavy atom. The maximum absolute atomic E-state index is 13.8. The topological polar surface area (TPSA) is 155 Å². The third-order valence-electron chi connectivity index (χ3n) is 14.5. The number of carbonyl (C=O) groups excluding carboxylic acids is 2. The molecule has 6 aliphatic rings. The fourth-order valence-corrected chi connectivity index (χ4v) is 11.8. The molecule has 5 aromatic rings. The molecular formula is C49H54N6O6. The number of benzene rings is 3. The van der Waals surface area contributed by atoms with Crippen LogP contribution in [0.15, 0.2) is 104 Å². The summed E-state index contributed by atoms with van der Waals surface area (Å²) >= 11 is 0. The smallest absolute Gasteiger partial charge is 0.405 e. The number of nitrogens with zero attached hydrogens (tertiary/aromatic N) is 4. The molecule has 6 fully saturated rings. The van der Waals surface area contributed by atoms with Gasteiger partial charge in [-0.05, 0) is 123 Å². The Labute approximate surface area is 356 Å². The molecule has 2 amide bonds. The number of primary amides is 2. The first-order valence-corrected chi connectivity index (χ1v) is 21.2. The van der Waals surface area contributed by atoms with Gasteiger partial charge in [-0.1, -0.05) is 30.4 Å². The summed E-state index contributed by atoms with van der Waals surface area (Å²) in [6, 6.07) is 20.6. The van der Waals surface area contributed by atoms with Gasteiger partial charge in [0.25, 0.3) is 0 Å². The van der Waals surface area contributed by atoms with Gasteiger partial charge in [-0.3, -0.25) is 19.8 Å². The zero-order chi connectivity index (χ0) is 42.6. The third kappa shape index (κ3) is 6.50. The minimum atomic E-state index is -1.48. The molecule has 3 aromatic carbocycles. The number of fused-ring (bicyclic) bond motifs is 8. The molecule has 61 heavy (non-hydrogen) atoms. The van der Waals surface area contributed by atoms with Crippen LogP contribution in [0, 0.1) is 30.6 Å². The number of carbonyl (C=O) groups is 2. The van der Waals surface area contributed by atoms with Crippen LogP contribution in [-0.2, 0) is 20.7 Å². The van der Waals surface area contributed by atoms with E-state index in [1.165, 1.54) is 0 Å². The molecule has 6 aliphatic heterocycles. The molecule has 0 spiro atoms. The lowest BCUT2D eigenvalue weighted by atomic mass is 9.64. The van der Waals surface area contributed by atoms with Crippen molar-refractivity contribution in [3.63, 3.8) is 0 Å². The molecule has 2 aromatic heterocycles. The number of methoxy groups -OCH3 is 2. The van der Waals surface area contributed by atoms with Crippen molar-refractivity contribution in [1.29, 1.82) is 0 Å². The number of ether oxygens (including phenoxy) is 4. The van der Waals surface area contributed by atoms with Crippen molar-refractivity contribution in [2.75, 3.05) is 40.4 Å². The van der Waals surface area contributed by atoms with Gasteiger partial charge >= 0.3 is 12.2 Å². The van der Waals surface area contributed by atoms with Crippen LogP contribution in [0.2, 0.25) is 0 Å². The van der Waals surface area contributed by atoms with Gasteiger partial charge in [0.1, 0.15) is 11.5 Å². The second-order valence-corrected chi connectivity index (χ2v) is 17.2. The first-order chi connectivity index (χ1) is 29.6. The van der Waals surface area contributed by atoms with E-state index in [1.54, 1.807) is 26.6 Å². The van der Waals surface area contributed by atoms with Gasteiger partial charge in [0, 0.05) is 58.5 Å². The number of rotatable bonds is 12. The summed E-state index contributed by atoms with van der Waals surface area (Å²) in [5.74, 6) is 2.42. The monoisotopic (exact) mass is 822 g/mol. The molecule has 10 atom stereocenters. The summed E-state index contributed by atoms with van der Waals surface area (Å²) in [6.45, 7) is 13.5. The van der Waals surface area contributed by atoms with E-state index < -0.39 is 23.4 Å². The minimum Gasteiger partial charge on any atom is -0.497 e. The second kappa shape index (κ2) is 15.8. The quantitative estimate of drug-likeness (QED) is 0.120. The van der Waals surface area contributed by atoms with Gasteiger partial charge in [-0.15, -0.1) is 13.2 Å². The molecule has 12 nitrogen and oxygen atoms in total. The Balaban J connectivity index is 1.39. The molecule has 11 rings (SSSR count). The maximum Gasteiger partial charge on any atom is 0.405 e. The lowest BCUT2D eigenvalue weighted by molar-refractivity contribution is -0.0929. The Bertz CT molecular complexity index is 2380. The van der Waals surface area contributed by atoms with Crippen molar-refractivity contribution in [2.24, 2.45) is 35.1 Å². The highest BCUT2D eigenvalue weighted by molar-refractivity contribution is 5.87. The van der Waals surface area contributed by atoms with Crippen LogP contribution in [0.1, 0.15) is 53.5 Å². The Hall–Kier alpha value is -5.98. The molecule has 8 heterocycles. The molecular weight excluding hydrogens is 769 g/mol. The summed E-state index contributed by atoms with van der Waals surface area (Å²) < 4.78 is 25.2. The van der Waals surface area contributed by atoms with E-state index in [-0.39, 0.29) is 23.9 Å². The van der Waals surface area contributed by atoms with Crippen molar-refractivity contribution in [3.8, 4) is 11.5 Å². The zero-order valence-corrected chi connectivity index (χ0v) is 35.1. The minimum absolute atomic E-state index is 0.279. The van der Waals surface area contributed by atoms with Crippen LogP contribution >= 0.6 is 0 Å². The number of nitrogens with two attached hydrogens (primary N) is 2. The summed E-state index contributed by atoms with van der Waals surface area (Å²) in [5, 5.41) is 1.52. The van der Waals surface area contributed by atoms with Gasteiger partial charge < -0.3 is 30.4 Å². The Morgan fingerprint density at radius 3 is 1.49 bits per heavy atom. The lowest BCUT2D eigenvalue weighted by Crippen LogP contribution is -2.63. The van der Waals surface area contributed by atoms with Gasteiger partial charge in [0.15, 0.2) is 11.2 Å². The van der Waals surface area contributed by atoms with E-state index in [2.05, 4.69) is 35.1 Å². The van der Waals surface area contributed by atoms with Crippen LogP contribution in [0.5, 0.6) is 11.5 Å². The first-order valence-electron chi connectivity index (χ1n) is 21.2. The van der Waals surface area contributed by atoms with E-state index >= 15 is 0 Å². The van der Waals surface area contributed by atoms with Crippen LogP contribution in [0.25, 0.3) is 21.8 Å². The summed E-state index contributed by atoms with van der Waals surface area (Å²) in [7, 11) is 3.25. The van der Waals surface area contributed by atoms with E-state index in [1.807, 2.05) is 73.7 Å². The first kappa shape index (κ1) is 40.4. The van der Waals surface area contributed by atoms with Crippen molar-refractivity contribution < 1.29 is 28.5 Å². The predicted octanol–water partition coefficient (Wildman–Crippen LogP) is 7.58. The van der Waals surface area contributed by atoms with E-state index in [0.29, 0.717) is 58.3 Å². The van der Waals surface area contributed by atoms with E-state index in [0.717, 1.165) is 66.5 Å². The van der Waals surface area contributed by atoms with Gasteiger partial charge in [-0.2, -0.15) is 0 Å². The Morgan fingerprint density at radius 1 is 0.689 bits per heavy atom. The third-order valence-corrected chi connectivity index (χ3v) is 14.5. The largest absolute Gasteiger partial charge is 0.497 e. The normalized spacial score (nSPS) is 27.4. The van der Waals surface area contributed by atoms with Gasteiger partial charge in [0.05, 0.1) is 37.3 Å². The molecule has 0 saturated carbocycles. The number of aromatic nitrogens is 2.